The van der Waals surface area contributed by atoms with Crippen LogP contribution in [0.5, 0.6) is 11.5 Å². The molecule has 0 spiro atoms. The van der Waals surface area contributed by atoms with Crippen LogP contribution in [-0.4, -0.2) is 64.1 Å². The lowest BCUT2D eigenvalue weighted by Crippen LogP contribution is -2.35. The first-order valence-corrected chi connectivity index (χ1v) is 13.0. The number of thioether (sulfide) groups is 1. The Morgan fingerprint density at radius 1 is 1.08 bits per heavy atom. The van der Waals surface area contributed by atoms with Crippen molar-refractivity contribution in [2.75, 3.05) is 26.3 Å². The summed E-state index contributed by atoms with van der Waals surface area (Å²) in [6.45, 7) is 4.37. The molecule has 3 heterocycles. The Labute approximate surface area is 219 Å². The van der Waals surface area contributed by atoms with Gasteiger partial charge in [0.1, 0.15) is 29.8 Å². The predicted molar refractivity (Wildman–Crippen MR) is 144 cm³/mol. The Morgan fingerprint density at radius 3 is 2.54 bits per heavy atom. The first kappa shape index (κ1) is 24.8. The molecule has 2 aromatic rings. The predicted octanol–water partition coefficient (Wildman–Crippen LogP) is 4.08. The van der Waals surface area contributed by atoms with Gasteiger partial charge in [0.25, 0.3) is 5.91 Å². The standard InChI is InChI=1S/C27H27N5O4S/c1-18-5-4-6-21(15-18)36-14-13-35-20-9-7-19(8-10-20)16-22-25(28)32-27(29-26(22)34)37-23(30-32)17-24(33)31-11-2-3-12-31/h4-10,15-16,28H,2-3,11-14,17H2,1H3/b22-16-,28-25?. The van der Waals surface area contributed by atoms with Crippen LogP contribution in [0.2, 0.25) is 0 Å². The minimum atomic E-state index is -0.500. The fourth-order valence-electron chi connectivity index (χ4n) is 4.16. The lowest BCUT2D eigenvalue weighted by molar-refractivity contribution is -0.128. The monoisotopic (exact) mass is 517 g/mol. The molecule has 190 valence electrons. The van der Waals surface area contributed by atoms with E-state index in [0.29, 0.717) is 29.2 Å². The van der Waals surface area contributed by atoms with Gasteiger partial charge < -0.3 is 14.4 Å². The molecular weight excluding hydrogens is 490 g/mol. The number of aryl methyl sites for hydroxylation is 1. The van der Waals surface area contributed by atoms with Gasteiger partial charge in [-0.2, -0.15) is 15.1 Å². The average Bonchev–Trinajstić information content (AvgIpc) is 3.56. The third kappa shape index (κ3) is 5.91. The number of hydrogen-bond donors (Lipinski definition) is 1. The molecule has 2 amide bonds. The average molecular weight is 518 g/mol. The molecule has 5 rings (SSSR count). The summed E-state index contributed by atoms with van der Waals surface area (Å²) in [5.41, 5.74) is 2.01. The SMILES string of the molecule is Cc1cccc(OCCOc2ccc(/C=C3/C(=N)N4N=C(CC(=O)N5CCCC5)SC4=NC3=O)cc2)c1. The number of nitrogens with one attached hydrogen (secondary N) is 1. The molecule has 3 aliphatic rings. The van der Waals surface area contributed by atoms with E-state index in [1.807, 2.05) is 48.2 Å². The Bertz CT molecular complexity index is 1310. The molecule has 0 saturated carbocycles. The summed E-state index contributed by atoms with van der Waals surface area (Å²) < 4.78 is 11.4. The van der Waals surface area contributed by atoms with Gasteiger partial charge in [0, 0.05) is 13.1 Å². The number of nitrogens with zero attached hydrogens (tertiary/aromatic N) is 4. The van der Waals surface area contributed by atoms with Crippen molar-refractivity contribution in [3.63, 3.8) is 0 Å². The molecule has 0 unspecified atom stereocenters. The second-order valence-electron chi connectivity index (χ2n) is 8.86. The van der Waals surface area contributed by atoms with E-state index >= 15 is 0 Å². The fourth-order valence-corrected chi connectivity index (χ4v) is 5.04. The van der Waals surface area contributed by atoms with Crippen LogP contribution in [0.1, 0.15) is 30.4 Å². The summed E-state index contributed by atoms with van der Waals surface area (Å²) in [7, 11) is 0. The van der Waals surface area contributed by atoms with Crippen LogP contribution in [-0.2, 0) is 9.59 Å². The van der Waals surface area contributed by atoms with Gasteiger partial charge in [-0.25, -0.2) is 0 Å². The minimum absolute atomic E-state index is 0.0156. The van der Waals surface area contributed by atoms with Gasteiger partial charge in [-0.3, -0.25) is 15.0 Å². The molecule has 37 heavy (non-hydrogen) atoms. The zero-order valence-corrected chi connectivity index (χ0v) is 21.3. The lowest BCUT2D eigenvalue weighted by Gasteiger charge is -2.20. The van der Waals surface area contributed by atoms with Gasteiger partial charge >= 0.3 is 0 Å². The number of ether oxygens (including phenoxy) is 2. The van der Waals surface area contributed by atoms with E-state index in [9.17, 15) is 9.59 Å². The number of rotatable bonds is 8. The van der Waals surface area contributed by atoms with Gasteiger partial charge in [0.15, 0.2) is 5.84 Å². The molecule has 2 aromatic carbocycles. The molecule has 1 N–H and O–H groups in total. The van der Waals surface area contributed by atoms with E-state index in [1.165, 1.54) is 16.8 Å². The van der Waals surface area contributed by atoms with Crippen molar-refractivity contribution in [2.24, 2.45) is 10.1 Å². The van der Waals surface area contributed by atoms with Crippen LogP contribution in [0.3, 0.4) is 0 Å². The minimum Gasteiger partial charge on any atom is -0.490 e. The topological polar surface area (TPSA) is 108 Å². The molecule has 1 fully saturated rings. The van der Waals surface area contributed by atoms with Crippen molar-refractivity contribution >= 4 is 45.7 Å². The highest BCUT2D eigenvalue weighted by Gasteiger charge is 2.36. The number of carbonyl (C=O) groups excluding carboxylic acids is 2. The van der Waals surface area contributed by atoms with Crippen molar-refractivity contribution in [2.45, 2.75) is 26.2 Å². The Hall–Kier alpha value is -3.92. The van der Waals surface area contributed by atoms with Crippen molar-refractivity contribution in [3.8, 4) is 11.5 Å². The number of likely N-dealkylation sites (tertiary alicyclic amines) is 1. The third-order valence-electron chi connectivity index (χ3n) is 6.06. The zero-order chi connectivity index (χ0) is 25.8. The van der Waals surface area contributed by atoms with Crippen molar-refractivity contribution in [3.05, 3.63) is 65.2 Å². The number of aliphatic imine (C=N–C) groups is 1. The number of benzene rings is 2. The van der Waals surface area contributed by atoms with Crippen LogP contribution < -0.4 is 9.47 Å². The summed E-state index contributed by atoms with van der Waals surface area (Å²) in [6.07, 6.45) is 3.81. The first-order chi connectivity index (χ1) is 18.0. The maximum Gasteiger partial charge on any atom is 0.283 e. The quantitative estimate of drug-likeness (QED) is 0.418. The Kier molecular flexibility index (Phi) is 7.36. The summed E-state index contributed by atoms with van der Waals surface area (Å²) in [5, 5.41) is 15.1. The first-order valence-electron chi connectivity index (χ1n) is 12.2. The van der Waals surface area contributed by atoms with Crippen molar-refractivity contribution < 1.29 is 19.1 Å². The summed E-state index contributed by atoms with van der Waals surface area (Å²) in [6, 6.07) is 15.1. The van der Waals surface area contributed by atoms with E-state index < -0.39 is 5.91 Å². The van der Waals surface area contributed by atoms with E-state index in [-0.39, 0.29) is 23.7 Å². The Morgan fingerprint density at radius 2 is 1.81 bits per heavy atom. The molecule has 0 radical (unpaired) electrons. The smallest absolute Gasteiger partial charge is 0.283 e. The molecule has 1 saturated heterocycles. The molecule has 0 aromatic heterocycles. The Balaban J connectivity index is 1.18. The fraction of sp³-hybridized carbons (Fsp3) is 0.296. The largest absolute Gasteiger partial charge is 0.490 e. The molecule has 0 atom stereocenters. The number of carbonyl (C=O) groups is 2. The number of fused-ring (bicyclic) bond motifs is 1. The molecule has 9 nitrogen and oxygen atoms in total. The highest BCUT2D eigenvalue weighted by molar-refractivity contribution is 8.27. The molecule has 10 heteroatoms. The second kappa shape index (κ2) is 11.0. The summed E-state index contributed by atoms with van der Waals surface area (Å²) >= 11 is 1.17. The number of hydrogen-bond acceptors (Lipinski definition) is 7. The summed E-state index contributed by atoms with van der Waals surface area (Å²) in [5.74, 6) is 0.941. The number of amides is 2. The van der Waals surface area contributed by atoms with E-state index in [0.717, 1.165) is 42.8 Å². The molecule has 3 aliphatic heterocycles. The molecular formula is C27H27N5O4S. The maximum atomic E-state index is 12.7. The van der Waals surface area contributed by atoms with Crippen LogP contribution in [0.4, 0.5) is 0 Å². The number of amidine groups is 2. The van der Waals surface area contributed by atoms with Gasteiger partial charge in [0.2, 0.25) is 11.1 Å². The number of hydrazone groups is 1. The third-order valence-corrected chi connectivity index (χ3v) is 6.97. The van der Waals surface area contributed by atoms with Crippen LogP contribution in [0.25, 0.3) is 6.08 Å². The van der Waals surface area contributed by atoms with Gasteiger partial charge in [-0.15, -0.1) is 0 Å². The van der Waals surface area contributed by atoms with Crippen molar-refractivity contribution in [1.82, 2.24) is 9.91 Å². The lowest BCUT2D eigenvalue weighted by atomic mass is 10.1. The van der Waals surface area contributed by atoms with E-state index in [4.69, 9.17) is 14.9 Å². The van der Waals surface area contributed by atoms with Crippen LogP contribution in [0.15, 0.2) is 64.2 Å². The molecule has 0 bridgehead atoms. The van der Waals surface area contributed by atoms with Gasteiger partial charge in [-0.1, -0.05) is 24.3 Å². The normalized spacial score (nSPS) is 18.1. The van der Waals surface area contributed by atoms with Gasteiger partial charge in [-0.05, 0) is 73.0 Å². The highest BCUT2D eigenvalue weighted by Crippen LogP contribution is 2.30. The molecule has 0 aliphatic carbocycles. The zero-order valence-electron chi connectivity index (χ0n) is 20.5. The van der Waals surface area contributed by atoms with E-state index in [2.05, 4.69) is 10.1 Å². The second-order valence-corrected chi connectivity index (χ2v) is 9.90. The van der Waals surface area contributed by atoms with Crippen molar-refractivity contribution in [1.29, 1.82) is 5.41 Å². The van der Waals surface area contributed by atoms with E-state index in [1.54, 1.807) is 18.2 Å². The maximum absolute atomic E-state index is 12.7. The highest BCUT2D eigenvalue weighted by atomic mass is 32.2. The van der Waals surface area contributed by atoms with Gasteiger partial charge in [0.05, 0.1) is 12.0 Å². The van der Waals surface area contributed by atoms with Crippen LogP contribution >= 0.6 is 11.8 Å². The van der Waals surface area contributed by atoms with Crippen LogP contribution in [0, 0.1) is 12.3 Å². The summed E-state index contributed by atoms with van der Waals surface area (Å²) in [4.78, 5) is 31.1.